The Balaban J connectivity index is 2.29. The summed E-state index contributed by atoms with van der Waals surface area (Å²) in [5.41, 5.74) is 0.0607. The summed E-state index contributed by atoms with van der Waals surface area (Å²) >= 11 is 0. The molecule has 0 unspecified atom stereocenters. The zero-order valence-corrected chi connectivity index (χ0v) is 10.3. The molecule has 112 valence electrons. The summed E-state index contributed by atoms with van der Waals surface area (Å²) in [5, 5.41) is 11.4. The van der Waals surface area contributed by atoms with Gasteiger partial charge in [-0.05, 0) is 17.7 Å². The van der Waals surface area contributed by atoms with Crippen LogP contribution in [0.1, 0.15) is 15.9 Å². The van der Waals surface area contributed by atoms with Crippen LogP contribution in [-0.4, -0.2) is 37.0 Å². The van der Waals surface area contributed by atoms with Crippen LogP contribution in [-0.2, 0) is 11.3 Å². The van der Waals surface area contributed by atoms with Gasteiger partial charge in [-0.2, -0.15) is 13.2 Å². The largest absolute Gasteiger partial charge is 0.478 e. The summed E-state index contributed by atoms with van der Waals surface area (Å²) in [7, 11) is 0. The first-order chi connectivity index (χ1) is 9.29. The lowest BCUT2D eigenvalue weighted by atomic mass is 10.1. The van der Waals surface area contributed by atoms with Crippen molar-refractivity contribution in [2.45, 2.75) is 12.7 Å². The highest BCUT2D eigenvalue weighted by Crippen LogP contribution is 2.14. The highest BCUT2D eigenvalue weighted by molar-refractivity contribution is 5.87. The maximum absolute atomic E-state index is 13.3. The van der Waals surface area contributed by atoms with Crippen molar-refractivity contribution in [1.29, 1.82) is 0 Å². The number of carbonyl (C=O) groups is 1. The van der Waals surface area contributed by atoms with Crippen molar-refractivity contribution in [2.24, 2.45) is 0 Å². The number of benzene rings is 1. The molecule has 0 aliphatic rings. The Morgan fingerprint density at radius 1 is 1.35 bits per heavy atom. The van der Waals surface area contributed by atoms with Gasteiger partial charge < -0.3 is 15.2 Å². The van der Waals surface area contributed by atoms with Crippen molar-refractivity contribution in [2.75, 3.05) is 19.8 Å². The van der Waals surface area contributed by atoms with Gasteiger partial charge in [0.05, 0.1) is 12.2 Å². The molecule has 0 saturated heterocycles. The molecular formula is C12H13F4NO3. The van der Waals surface area contributed by atoms with Crippen molar-refractivity contribution in [3.8, 4) is 0 Å². The predicted molar refractivity (Wildman–Crippen MR) is 61.9 cm³/mol. The number of hydrogen-bond donors (Lipinski definition) is 2. The number of ether oxygens (including phenoxy) is 1. The maximum atomic E-state index is 13.3. The van der Waals surface area contributed by atoms with Gasteiger partial charge in [0.25, 0.3) is 0 Å². The first-order valence-corrected chi connectivity index (χ1v) is 5.66. The molecule has 0 fully saturated rings. The van der Waals surface area contributed by atoms with Crippen LogP contribution in [0, 0.1) is 5.82 Å². The van der Waals surface area contributed by atoms with E-state index in [0.717, 1.165) is 12.1 Å². The molecule has 0 saturated carbocycles. The molecular weight excluding hydrogens is 282 g/mol. The molecule has 20 heavy (non-hydrogen) atoms. The fraction of sp³-hybridized carbons (Fsp3) is 0.417. The minimum Gasteiger partial charge on any atom is -0.478 e. The Morgan fingerprint density at radius 2 is 2.05 bits per heavy atom. The smallest absolute Gasteiger partial charge is 0.411 e. The number of carboxylic acid groups (broad SMARTS) is 1. The molecule has 0 amide bonds. The summed E-state index contributed by atoms with van der Waals surface area (Å²) in [4.78, 5) is 10.6. The summed E-state index contributed by atoms with van der Waals surface area (Å²) in [5.74, 6) is -2.22. The van der Waals surface area contributed by atoms with E-state index in [-0.39, 0.29) is 19.7 Å². The van der Waals surface area contributed by atoms with E-state index >= 15 is 0 Å². The highest BCUT2D eigenvalue weighted by Gasteiger charge is 2.27. The fourth-order valence-corrected chi connectivity index (χ4v) is 1.41. The number of halogens is 4. The number of carboxylic acids is 1. The minimum atomic E-state index is -4.35. The molecule has 0 heterocycles. The van der Waals surface area contributed by atoms with Crippen LogP contribution in [0.15, 0.2) is 18.2 Å². The quantitative estimate of drug-likeness (QED) is 0.598. The van der Waals surface area contributed by atoms with Crippen molar-refractivity contribution in [1.82, 2.24) is 5.32 Å². The van der Waals surface area contributed by atoms with Crippen LogP contribution in [0.3, 0.4) is 0 Å². The SMILES string of the molecule is O=C(O)c1ccc(CNCCOCC(F)(F)F)cc1F. The van der Waals surface area contributed by atoms with Crippen molar-refractivity contribution < 1.29 is 32.2 Å². The monoisotopic (exact) mass is 295 g/mol. The van der Waals surface area contributed by atoms with Gasteiger partial charge in [-0.1, -0.05) is 6.07 Å². The Bertz CT molecular complexity index is 463. The lowest BCUT2D eigenvalue weighted by Crippen LogP contribution is -2.23. The summed E-state index contributed by atoms with van der Waals surface area (Å²) in [6, 6.07) is 3.62. The lowest BCUT2D eigenvalue weighted by Gasteiger charge is -2.09. The average Bonchev–Trinajstić information content (AvgIpc) is 2.32. The van der Waals surface area contributed by atoms with E-state index < -0.39 is 30.1 Å². The van der Waals surface area contributed by atoms with Gasteiger partial charge in [0, 0.05) is 13.1 Å². The van der Waals surface area contributed by atoms with Crippen LogP contribution < -0.4 is 5.32 Å². The average molecular weight is 295 g/mol. The molecule has 0 aliphatic carbocycles. The number of hydrogen-bond acceptors (Lipinski definition) is 3. The first kappa shape index (κ1) is 16.4. The van der Waals surface area contributed by atoms with Gasteiger partial charge in [0.1, 0.15) is 12.4 Å². The Kier molecular flexibility index (Phi) is 5.90. The maximum Gasteiger partial charge on any atom is 0.411 e. The molecule has 1 aromatic carbocycles. The standard InChI is InChI=1S/C12H13F4NO3/c13-10-5-8(1-2-9(10)11(18)19)6-17-3-4-20-7-12(14,15)16/h1-2,5,17H,3-4,6-7H2,(H,18,19). The lowest BCUT2D eigenvalue weighted by molar-refractivity contribution is -0.173. The van der Waals surface area contributed by atoms with E-state index in [0.29, 0.717) is 5.56 Å². The number of alkyl halides is 3. The Labute approximate surface area is 112 Å². The molecule has 0 spiro atoms. The van der Waals surface area contributed by atoms with Crippen LogP contribution >= 0.6 is 0 Å². The highest BCUT2D eigenvalue weighted by atomic mass is 19.4. The van der Waals surface area contributed by atoms with Gasteiger partial charge in [0.15, 0.2) is 0 Å². The van der Waals surface area contributed by atoms with E-state index in [9.17, 15) is 22.4 Å². The molecule has 0 atom stereocenters. The van der Waals surface area contributed by atoms with E-state index in [4.69, 9.17) is 5.11 Å². The van der Waals surface area contributed by atoms with Crippen molar-refractivity contribution >= 4 is 5.97 Å². The summed E-state index contributed by atoms with van der Waals surface area (Å²) in [6.07, 6.45) is -4.35. The molecule has 0 aliphatic heterocycles. The van der Waals surface area contributed by atoms with Gasteiger partial charge in [-0.25, -0.2) is 9.18 Å². The predicted octanol–water partition coefficient (Wildman–Crippen LogP) is 2.19. The minimum absolute atomic E-state index is 0.130. The van der Waals surface area contributed by atoms with E-state index in [2.05, 4.69) is 10.1 Å². The zero-order chi connectivity index (χ0) is 15.2. The summed E-state index contributed by atoms with van der Waals surface area (Å²) in [6.45, 7) is -1.07. The number of rotatable bonds is 7. The molecule has 0 aromatic heterocycles. The van der Waals surface area contributed by atoms with Crippen molar-refractivity contribution in [3.63, 3.8) is 0 Å². The Hall–Kier alpha value is -1.67. The van der Waals surface area contributed by atoms with E-state index in [1.165, 1.54) is 6.07 Å². The van der Waals surface area contributed by atoms with Crippen LogP contribution in [0.4, 0.5) is 17.6 Å². The zero-order valence-electron chi connectivity index (χ0n) is 10.3. The molecule has 0 radical (unpaired) electrons. The third-order valence-corrected chi connectivity index (χ3v) is 2.28. The fourth-order valence-electron chi connectivity index (χ4n) is 1.41. The molecule has 0 bridgehead atoms. The van der Waals surface area contributed by atoms with Crippen LogP contribution in [0.2, 0.25) is 0 Å². The molecule has 4 nitrogen and oxygen atoms in total. The van der Waals surface area contributed by atoms with Gasteiger partial charge in [0.2, 0.25) is 0 Å². The molecule has 1 aromatic rings. The normalized spacial score (nSPS) is 11.6. The third kappa shape index (κ3) is 5.98. The topological polar surface area (TPSA) is 58.6 Å². The second-order valence-electron chi connectivity index (χ2n) is 3.96. The van der Waals surface area contributed by atoms with Crippen molar-refractivity contribution in [3.05, 3.63) is 35.1 Å². The number of aromatic carboxylic acids is 1. The molecule has 8 heteroatoms. The van der Waals surface area contributed by atoms with E-state index in [1.807, 2.05) is 0 Å². The molecule has 2 N–H and O–H groups in total. The second-order valence-corrected chi connectivity index (χ2v) is 3.96. The van der Waals surface area contributed by atoms with E-state index in [1.54, 1.807) is 0 Å². The summed E-state index contributed by atoms with van der Waals surface area (Å²) < 4.78 is 52.9. The Morgan fingerprint density at radius 3 is 2.60 bits per heavy atom. The van der Waals surface area contributed by atoms with Crippen LogP contribution in [0.5, 0.6) is 0 Å². The van der Waals surface area contributed by atoms with Crippen LogP contribution in [0.25, 0.3) is 0 Å². The van der Waals surface area contributed by atoms with Gasteiger partial charge >= 0.3 is 12.1 Å². The van der Waals surface area contributed by atoms with Gasteiger partial charge in [-0.15, -0.1) is 0 Å². The number of nitrogens with one attached hydrogen (secondary N) is 1. The molecule has 1 rings (SSSR count). The second kappa shape index (κ2) is 7.20. The third-order valence-electron chi connectivity index (χ3n) is 2.28. The van der Waals surface area contributed by atoms with Gasteiger partial charge in [-0.3, -0.25) is 0 Å². The first-order valence-electron chi connectivity index (χ1n) is 5.66.